The van der Waals surface area contributed by atoms with Crippen molar-refractivity contribution in [2.24, 2.45) is 0 Å². The van der Waals surface area contributed by atoms with Gasteiger partial charge in [-0.1, -0.05) is 41.9 Å². The lowest BCUT2D eigenvalue weighted by Gasteiger charge is -2.32. The molecule has 2 aliphatic heterocycles. The standard InChI is InChI=1S/C22H23ClN4/c23-17-6-4-5-16(13-17)22-20-15-27(12-10-21(20)24-25-22)19-9-11-26(14-19)18-7-2-1-3-8-18/h1-8,13,19H,9-12,14-15H2,(H,24,25)/t19-/m1/s1. The fraction of sp³-hybridized carbons (Fsp3) is 0.318. The molecule has 3 aromatic rings. The van der Waals surface area contributed by atoms with E-state index < -0.39 is 0 Å². The summed E-state index contributed by atoms with van der Waals surface area (Å²) >= 11 is 6.20. The molecule has 0 bridgehead atoms. The highest BCUT2D eigenvalue weighted by molar-refractivity contribution is 6.30. The molecule has 1 aromatic heterocycles. The Hall–Kier alpha value is -2.30. The highest BCUT2D eigenvalue weighted by Gasteiger charge is 2.32. The number of benzene rings is 2. The van der Waals surface area contributed by atoms with Crippen LogP contribution in [0, 0.1) is 0 Å². The van der Waals surface area contributed by atoms with Gasteiger partial charge in [-0.2, -0.15) is 5.10 Å². The molecule has 138 valence electrons. The molecular formula is C22H23ClN4. The summed E-state index contributed by atoms with van der Waals surface area (Å²) in [7, 11) is 0. The van der Waals surface area contributed by atoms with Gasteiger partial charge in [0, 0.05) is 66.2 Å². The van der Waals surface area contributed by atoms with Gasteiger partial charge in [0.05, 0.1) is 5.69 Å². The fourth-order valence-corrected chi connectivity index (χ4v) is 4.61. The summed E-state index contributed by atoms with van der Waals surface area (Å²) in [5.41, 5.74) is 6.09. The number of nitrogens with zero attached hydrogens (tertiary/aromatic N) is 3. The van der Waals surface area contributed by atoms with Gasteiger partial charge in [0.15, 0.2) is 0 Å². The van der Waals surface area contributed by atoms with Gasteiger partial charge in [-0.05, 0) is 30.7 Å². The van der Waals surface area contributed by atoms with Crippen LogP contribution in [0.25, 0.3) is 11.3 Å². The quantitative estimate of drug-likeness (QED) is 0.735. The van der Waals surface area contributed by atoms with Crippen LogP contribution in [0.4, 0.5) is 5.69 Å². The van der Waals surface area contributed by atoms with Crippen molar-refractivity contribution in [3.05, 3.63) is 70.9 Å². The van der Waals surface area contributed by atoms with E-state index in [0.717, 1.165) is 48.9 Å². The van der Waals surface area contributed by atoms with Crippen molar-refractivity contribution in [3.63, 3.8) is 0 Å². The fourth-order valence-electron chi connectivity index (χ4n) is 4.42. The zero-order valence-electron chi connectivity index (χ0n) is 15.2. The Morgan fingerprint density at radius 2 is 1.93 bits per heavy atom. The number of para-hydroxylation sites is 1. The molecule has 5 rings (SSSR count). The van der Waals surface area contributed by atoms with Gasteiger partial charge in [-0.3, -0.25) is 10.00 Å². The van der Waals surface area contributed by atoms with Crippen molar-refractivity contribution in [1.82, 2.24) is 15.1 Å². The predicted octanol–water partition coefficient (Wildman–Crippen LogP) is 4.37. The SMILES string of the molecule is Clc1cccc(-c2n[nH]c3c2CN([C@@H]2CCN(c4ccccc4)C2)CC3)c1. The molecule has 3 heterocycles. The molecular weight excluding hydrogens is 356 g/mol. The van der Waals surface area contributed by atoms with Gasteiger partial charge in [0.1, 0.15) is 0 Å². The smallest absolute Gasteiger partial charge is 0.0969 e. The molecule has 1 saturated heterocycles. The van der Waals surface area contributed by atoms with Crippen molar-refractivity contribution < 1.29 is 0 Å². The summed E-state index contributed by atoms with van der Waals surface area (Å²) in [4.78, 5) is 5.14. The van der Waals surface area contributed by atoms with Crippen LogP contribution < -0.4 is 4.90 Å². The highest BCUT2D eigenvalue weighted by Crippen LogP contribution is 2.32. The molecule has 5 heteroatoms. The third kappa shape index (κ3) is 3.24. The molecule has 0 amide bonds. The summed E-state index contributed by atoms with van der Waals surface area (Å²) < 4.78 is 0. The lowest BCUT2D eigenvalue weighted by molar-refractivity contribution is 0.191. The van der Waals surface area contributed by atoms with E-state index in [4.69, 9.17) is 11.6 Å². The average molecular weight is 379 g/mol. The average Bonchev–Trinajstić information content (AvgIpc) is 3.35. The monoisotopic (exact) mass is 378 g/mol. The van der Waals surface area contributed by atoms with Gasteiger partial charge in [-0.15, -0.1) is 0 Å². The lowest BCUT2D eigenvalue weighted by atomic mass is 9.99. The number of H-pyrrole nitrogens is 1. The second kappa shape index (κ2) is 7.02. The van der Waals surface area contributed by atoms with E-state index in [0.29, 0.717) is 6.04 Å². The summed E-state index contributed by atoms with van der Waals surface area (Å²) in [5.74, 6) is 0. The topological polar surface area (TPSA) is 35.2 Å². The number of fused-ring (bicyclic) bond motifs is 1. The molecule has 1 atom stereocenters. The number of aromatic nitrogens is 2. The Labute approximate surface area is 164 Å². The van der Waals surface area contributed by atoms with Gasteiger partial charge in [0.2, 0.25) is 0 Å². The molecule has 0 spiro atoms. The number of hydrogen-bond donors (Lipinski definition) is 1. The summed E-state index contributed by atoms with van der Waals surface area (Å²) in [6.07, 6.45) is 2.25. The minimum absolute atomic E-state index is 0.598. The maximum absolute atomic E-state index is 6.20. The van der Waals surface area contributed by atoms with Crippen LogP contribution in [-0.4, -0.2) is 40.8 Å². The van der Waals surface area contributed by atoms with Gasteiger partial charge >= 0.3 is 0 Å². The van der Waals surface area contributed by atoms with Crippen molar-refractivity contribution in [2.75, 3.05) is 24.5 Å². The van der Waals surface area contributed by atoms with Gasteiger partial charge in [-0.25, -0.2) is 0 Å². The van der Waals surface area contributed by atoms with Crippen LogP contribution in [0.2, 0.25) is 5.02 Å². The van der Waals surface area contributed by atoms with Crippen molar-refractivity contribution >= 4 is 17.3 Å². The molecule has 2 aromatic carbocycles. The van der Waals surface area contributed by atoms with Crippen LogP contribution in [0.3, 0.4) is 0 Å². The first kappa shape index (κ1) is 16.8. The zero-order chi connectivity index (χ0) is 18.2. The number of nitrogens with one attached hydrogen (secondary N) is 1. The highest BCUT2D eigenvalue weighted by atomic mass is 35.5. The molecule has 1 N–H and O–H groups in total. The molecule has 0 radical (unpaired) electrons. The Morgan fingerprint density at radius 1 is 1.04 bits per heavy atom. The van der Waals surface area contributed by atoms with E-state index in [1.54, 1.807) is 0 Å². The van der Waals surface area contributed by atoms with E-state index in [9.17, 15) is 0 Å². The first-order valence-electron chi connectivity index (χ1n) is 9.64. The predicted molar refractivity (Wildman–Crippen MR) is 110 cm³/mol. The van der Waals surface area contributed by atoms with E-state index in [-0.39, 0.29) is 0 Å². The molecule has 0 unspecified atom stereocenters. The molecule has 27 heavy (non-hydrogen) atoms. The third-order valence-corrected chi connectivity index (χ3v) is 6.10. The molecule has 2 aliphatic rings. The summed E-state index contributed by atoms with van der Waals surface area (Å²) in [5, 5.41) is 8.63. The Morgan fingerprint density at radius 3 is 2.78 bits per heavy atom. The largest absolute Gasteiger partial charge is 0.370 e. The summed E-state index contributed by atoms with van der Waals surface area (Å²) in [6.45, 7) is 4.28. The minimum atomic E-state index is 0.598. The van der Waals surface area contributed by atoms with Gasteiger partial charge in [0.25, 0.3) is 0 Å². The summed E-state index contributed by atoms with van der Waals surface area (Å²) in [6, 6.07) is 19.4. The van der Waals surface area contributed by atoms with Gasteiger partial charge < -0.3 is 4.90 Å². The van der Waals surface area contributed by atoms with Crippen LogP contribution in [0.1, 0.15) is 17.7 Å². The number of anilines is 1. The number of aromatic amines is 1. The van der Waals surface area contributed by atoms with Crippen molar-refractivity contribution in [1.29, 1.82) is 0 Å². The lowest BCUT2D eigenvalue weighted by Crippen LogP contribution is -2.40. The maximum atomic E-state index is 6.20. The third-order valence-electron chi connectivity index (χ3n) is 5.86. The van der Waals surface area contributed by atoms with Crippen LogP contribution >= 0.6 is 11.6 Å². The van der Waals surface area contributed by atoms with E-state index in [2.05, 4.69) is 56.4 Å². The van der Waals surface area contributed by atoms with Crippen LogP contribution in [0.5, 0.6) is 0 Å². The van der Waals surface area contributed by atoms with E-state index >= 15 is 0 Å². The van der Waals surface area contributed by atoms with Crippen LogP contribution in [-0.2, 0) is 13.0 Å². The van der Waals surface area contributed by atoms with Crippen molar-refractivity contribution in [2.45, 2.75) is 25.4 Å². The first-order valence-corrected chi connectivity index (χ1v) is 10.0. The van der Waals surface area contributed by atoms with E-state index in [1.165, 1.54) is 23.4 Å². The Bertz CT molecular complexity index is 936. The number of hydrogen-bond acceptors (Lipinski definition) is 3. The molecule has 4 nitrogen and oxygen atoms in total. The van der Waals surface area contributed by atoms with E-state index in [1.807, 2.05) is 18.2 Å². The molecule has 0 saturated carbocycles. The second-order valence-corrected chi connectivity index (χ2v) is 7.92. The Kier molecular flexibility index (Phi) is 4.38. The second-order valence-electron chi connectivity index (χ2n) is 7.48. The number of halogens is 1. The zero-order valence-corrected chi connectivity index (χ0v) is 16.0. The Balaban J connectivity index is 1.35. The maximum Gasteiger partial charge on any atom is 0.0969 e. The minimum Gasteiger partial charge on any atom is -0.370 e. The number of rotatable bonds is 3. The first-order chi connectivity index (χ1) is 13.3. The van der Waals surface area contributed by atoms with Crippen LogP contribution in [0.15, 0.2) is 54.6 Å². The molecule has 1 fully saturated rings. The normalized spacial score (nSPS) is 20.0. The van der Waals surface area contributed by atoms with Crippen molar-refractivity contribution in [3.8, 4) is 11.3 Å². The molecule has 0 aliphatic carbocycles.